The first-order chi connectivity index (χ1) is 15.0. The number of carbonyl (C=O) groups excluding carboxylic acids is 2. The Morgan fingerprint density at radius 2 is 1.61 bits per heavy atom. The highest BCUT2D eigenvalue weighted by atomic mass is 16.5. The molecule has 3 aromatic carbocycles. The lowest BCUT2D eigenvalue weighted by atomic mass is 10.2. The highest BCUT2D eigenvalue weighted by Gasteiger charge is 2.09. The number of hydrogen-bond acceptors (Lipinski definition) is 4. The molecule has 0 saturated carbocycles. The third kappa shape index (κ3) is 7.12. The van der Waals surface area contributed by atoms with E-state index in [-0.39, 0.29) is 6.42 Å². The SMILES string of the molecule is Cc1ccc(COc2ccc(C=NNC(=O)CC(=O)Nc3ccccc3C)cc2)cc1. The summed E-state index contributed by atoms with van der Waals surface area (Å²) < 4.78 is 5.77. The van der Waals surface area contributed by atoms with Crippen LogP contribution < -0.4 is 15.5 Å². The molecule has 0 radical (unpaired) electrons. The number of nitrogens with one attached hydrogen (secondary N) is 2. The molecule has 2 amide bonds. The number of amides is 2. The van der Waals surface area contributed by atoms with Crippen molar-refractivity contribution in [3.8, 4) is 5.75 Å². The van der Waals surface area contributed by atoms with Gasteiger partial charge in [-0.15, -0.1) is 0 Å². The average Bonchev–Trinajstić information content (AvgIpc) is 2.76. The van der Waals surface area contributed by atoms with Crippen molar-refractivity contribution in [3.05, 3.63) is 95.1 Å². The smallest absolute Gasteiger partial charge is 0.249 e. The first-order valence-corrected chi connectivity index (χ1v) is 9.95. The van der Waals surface area contributed by atoms with E-state index in [2.05, 4.69) is 28.0 Å². The topological polar surface area (TPSA) is 79.8 Å². The summed E-state index contributed by atoms with van der Waals surface area (Å²) in [6, 6.07) is 22.9. The van der Waals surface area contributed by atoms with Gasteiger partial charge in [0.05, 0.1) is 6.21 Å². The normalized spacial score (nSPS) is 10.6. The molecule has 0 atom stereocenters. The zero-order valence-corrected chi connectivity index (χ0v) is 17.6. The molecule has 0 unspecified atom stereocenters. The van der Waals surface area contributed by atoms with Gasteiger partial charge in [-0.25, -0.2) is 5.43 Å². The third-order valence-corrected chi connectivity index (χ3v) is 4.55. The highest BCUT2D eigenvalue weighted by molar-refractivity contribution is 6.04. The maximum atomic E-state index is 12.0. The van der Waals surface area contributed by atoms with Crippen LogP contribution in [0.25, 0.3) is 0 Å². The first-order valence-electron chi connectivity index (χ1n) is 9.95. The van der Waals surface area contributed by atoms with Crippen molar-refractivity contribution >= 4 is 23.7 Å². The van der Waals surface area contributed by atoms with Crippen LogP contribution in [-0.4, -0.2) is 18.0 Å². The highest BCUT2D eigenvalue weighted by Crippen LogP contribution is 2.14. The Labute approximate surface area is 182 Å². The Morgan fingerprint density at radius 1 is 0.903 bits per heavy atom. The number of benzene rings is 3. The van der Waals surface area contributed by atoms with Crippen LogP contribution in [0.5, 0.6) is 5.75 Å². The summed E-state index contributed by atoms with van der Waals surface area (Å²) in [5.41, 5.74) is 7.10. The van der Waals surface area contributed by atoms with Gasteiger partial charge >= 0.3 is 0 Å². The molecular weight excluding hydrogens is 390 g/mol. The number of hydrogen-bond donors (Lipinski definition) is 2. The summed E-state index contributed by atoms with van der Waals surface area (Å²) in [6.07, 6.45) is 1.21. The zero-order valence-electron chi connectivity index (χ0n) is 17.6. The fourth-order valence-corrected chi connectivity index (χ4v) is 2.77. The van der Waals surface area contributed by atoms with Crippen LogP contribution in [0.15, 0.2) is 77.9 Å². The van der Waals surface area contributed by atoms with Crippen molar-refractivity contribution in [2.75, 3.05) is 5.32 Å². The first kappa shape index (κ1) is 21.8. The van der Waals surface area contributed by atoms with E-state index in [0.717, 1.165) is 22.4 Å². The largest absolute Gasteiger partial charge is 0.489 e. The molecule has 6 nitrogen and oxygen atoms in total. The summed E-state index contributed by atoms with van der Waals surface area (Å²) in [6.45, 7) is 4.43. The van der Waals surface area contributed by atoms with E-state index in [1.807, 2.05) is 68.4 Å². The monoisotopic (exact) mass is 415 g/mol. The minimum Gasteiger partial charge on any atom is -0.489 e. The number of rotatable bonds is 8. The van der Waals surface area contributed by atoms with Gasteiger partial charge < -0.3 is 10.1 Å². The fourth-order valence-electron chi connectivity index (χ4n) is 2.77. The number of nitrogens with zero attached hydrogens (tertiary/aromatic N) is 1. The van der Waals surface area contributed by atoms with E-state index in [1.54, 1.807) is 6.07 Å². The molecule has 0 aliphatic heterocycles. The van der Waals surface area contributed by atoms with Crippen LogP contribution in [0.1, 0.15) is 28.7 Å². The molecule has 0 saturated heterocycles. The summed E-state index contributed by atoms with van der Waals surface area (Å²) in [7, 11) is 0. The average molecular weight is 415 g/mol. The summed E-state index contributed by atoms with van der Waals surface area (Å²) in [5, 5.41) is 6.62. The Bertz CT molecular complexity index is 1060. The lowest BCUT2D eigenvalue weighted by molar-refractivity contribution is -0.126. The Kier molecular flexibility index (Phi) is 7.54. The summed E-state index contributed by atoms with van der Waals surface area (Å²) in [5.74, 6) is -0.132. The molecule has 0 aliphatic carbocycles. The molecular formula is C25H25N3O3. The van der Waals surface area contributed by atoms with E-state index >= 15 is 0 Å². The van der Waals surface area contributed by atoms with Crippen molar-refractivity contribution in [1.29, 1.82) is 0 Å². The van der Waals surface area contributed by atoms with E-state index in [4.69, 9.17) is 4.74 Å². The molecule has 0 heterocycles. The molecule has 0 bridgehead atoms. The zero-order chi connectivity index (χ0) is 22.1. The Hall–Kier alpha value is -3.93. The Balaban J connectivity index is 1.42. The molecule has 0 aromatic heterocycles. The second-order valence-electron chi connectivity index (χ2n) is 7.18. The predicted octanol–water partition coefficient (Wildman–Crippen LogP) is 4.36. The lowest BCUT2D eigenvalue weighted by Crippen LogP contribution is -2.24. The third-order valence-electron chi connectivity index (χ3n) is 4.55. The molecule has 158 valence electrons. The van der Waals surface area contributed by atoms with Crippen molar-refractivity contribution in [2.24, 2.45) is 5.10 Å². The van der Waals surface area contributed by atoms with E-state index in [9.17, 15) is 9.59 Å². The number of carbonyl (C=O) groups is 2. The maximum absolute atomic E-state index is 12.0. The van der Waals surface area contributed by atoms with Gasteiger partial charge in [0.25, 0.3) is 0 Å². The van der Waals surface area contributed by atoms with Gasteiger partial charge in [-0.05, 0) is 60.9 Å². The van der Waals surface area contributed by atoms with Crippen LogP contribution in [0.4, 0.5) is 5.69 Å². The van der Waals surface area contributed by atoms with Crippen molar-refractivity contribution in [1.82, 2.24) is 5.43 Å². The van der Waals surface area contributed by atoms with Crippen LogP contribution in [-0.2, 0) is 16.2 Å². The fraction of sp³-hybridized carbons (Fsp3) is 0.160. The second kappa shape index (κ2) is 10.7. The molecule has 2 N–H and O–H groups in total. The minimum atomic E-state index is -0.486. The number of ether oxygens (including phenoxy) is 1. The van der Waals surface area contributed by atoms with Gasteiger partial charge in [0, 0.05) is 5.69 Å². The van der Waals surface area contributed by atoms with Crippen LogP contribution >= 0.6 is 0 Å². The Morgan fingerprint density at radius 3 is 2.32 bits per heavy atom. The quantitative estimate of drug-likeness (QED) is 0.326. The van der Waals surface area contributed by atoms with Gasteiger partial charge in [-0.1, -0.05) is 48.0 Å². The molecule has 31 heavy (non-hydrogen) atoms. The van der Waals surface area contributed by atoms with Gasteiger partial charge in [0.15, 0.2) is 0 Å². The number of hydrazone groups is 1. The van der Waals surface area contributed by atoms with Gasteiger partial charge in [-0.2, -0.15) is 5.10 Å². The van der Waals surface area contributed by atoms with E-state index in [1.165, 1.54) is 11.8 Å². The maximum Gasteiger partial charge on any atom is 0.249 e. The van der Waals surface area contributed by atoms with E-state index < -0.39 is 11.8 Å². The molecule has 3 aromatic rings. The second-order valence-corrected chi connectivity index (χ2v) is 7.18. The van der Waals surface area contributed by atoms with Crippen LogP contribution in [0, 0.1) is 13.8 Å². The molecule has 0 fully saturated rings. The molecule has 0 spiro atoms. The van der Waals surface area contributed by atoms with Crippen molar-refractivity contribution < 1.29 is 14.3 Å². The van der Waals surface area contributed by atoms with Crippen molar-refractivity contribution in [2.45, 2.75) is 26.9 Å². The molecule has 6 heteroatoms. The molecule has 3 rings (SSSR count). The van der Waals surface area contributed by atoms with Gasteiger partial charge in [0.1, 0.15) is 18.8 Å². The van der Waals surface area contributed by atoms with Crippen LogP contribution in [0.2, 0.25) is 0 Å². The van der Waals surface area contributed by atoms with Crippen LogP contribution in [0.3, 0.4) is 0 Å². The minimum absolute atomic E-state index is 0.308. The lowest BCUT2D eigenvalue weighted by Gasteiger charge is -2.07. The van der Waals surface area contributed by atoms with Gasteiger partial charge in [0.2, 0.25) is 11.8 Å². The number of anilines is 1. The van der Waals surface area contributed by atoms with Gasteiger partial charge in [-0.3, -0.25) is 9.59 Å². The number of para-hydroxylation sites is 1. The number of aryl methyl sites for hydroxylation is 2. The summed E-state index contributed by atoms with van der Waals surface area (Å²) >= 11 is 0. The van der Waals surface area contributed by atoms with Crippen molar-refractivity contribution in [3.63, 3.8) is 0 Å². The molecule has 0 aliphatic rings. The summed E-state index contributed by atoms with van der Waals surface area (Å²) in [4.78, 5) is 23.9. The predicted molar refractivity (Wildman–Crippen MR) is 122 cm³/mol. The van der Waals surface area contributed by atoms with E-state index in [0.29, 0.717) is 12.3 Å². The standard InChI is InChI=1S/C25H25N3O3/c1-18-7-9-21(10-8-18)17-31-22-13-11-20(12-14-22)16-26-28-25(30)15-24(29)27-23-6-4-3-5-19(23)2/h3-14,16H,15,17H2,1-2H3,(H,27,29)(H,28,30).